The molecule has 0 aliphatic carbocycles. The van der Waals surface area contributed by atoms with E-state index in [2.05, 4.69) is 10.5 Å². The van der Waals surface area contributed by atoms with Gasteiger partial charge in [-0.2, -0.15) is 5.10 Å². The Labute approximate surface area is 122 Å². The molecule has 0 spiro atoms. The molecule has 5 nitrogen and oxygen atoms in total. The molecular weight excluding hydrogens is 300 g/mol. The maximum Gasteiger partial charge on any atom is 0.244 e. The third-order valence-electron chi connectivity index (χ3n) is 3.18. The van der Waals surface area contributed by atoms with E-state index < -0.39 is 15.8 Å². The normalized spacial score (nSPS) is 21.7. The van der Waals surface area contributed by atoms with Crippen LogP contribution in [0.5, 0.6) is 0 Å². The number of carbonyl (C=O) groups excluding carboxylic acids is 1. The Hall–Kier alpha value is -1.40. The highest BCUT2D eigenvalue weighted by atomic mass is 35.5. The van der Waals surface area contributed by atoms with Crippen LogP contribution in [0.2, 0.25) is 5.02 Å². The number of hydrogen-bond donors (Lipinski definition) is 1. The number of hydrogen-bond acceptors (Lipinski definition) is 4. The van der Waals surface area contributed by atoms with E-state index in [0.29, 0.717) is 17.2 Å². The summed E-state index contributed by atoms with van der Waals surface area (Å²) < 4.78 is 22.6. The zero-order valence-electron chi connectivity index (χ0n) is 11.0. The zero-order chi connectivity index (χ0) is 14.8. The fourth-order valence-corrected chi connectivity index (χ4v) is 3.94. The van der Waals surface area contributed by atoms with Gasteiger partial charge in [-0.1, -0.05) is 23.7 Å². The summed E-state index contributed by atoms with van der Waals surface area (Å²) in [5.74, 6) is -0.879. The second-order valence-electron chi connectivity index (χ2n) is 4.78. The molecule has 0 aromatic heterocycles. The van der Waals surface area contributed by atoms with Crippen molar-refractivity contribution in [3.63, 3.8) is 0 Å². The Bertz CT molecular complexity index is 655. The average Bonchev–Trinajstić information content (AvgIpc) is 2.76. The van der Waals surface area contributed by atoms with Crippen LogP contribution in [0.25, 0.3) is 0 Å². The second kappa shape index (κ2) is 5.93. The molecular formula is C13H15ClN2O3S. The lowest BCUT2D eigenvalue weighted by Crippen LogP contribution is -2.28. The summed E-state index contributed by atoms with van der Waals surface area (Å²) in [5, 5.41) is 4.58. The van der Waals surface area contributed by atoms with E-state index >= 15 is 0 Å². The monoisotopic (exact) mass is 314 g/mol. The average molecular weight is 315 g/mol. The third-order valence-corrected chi connectivity index (χ3v) is 5.18. The Morgan fingerprint density at radius 3 is 2.80 bits per heavy atom. The van der Waals surface area contributed by atoms with Gasteiger partial charge in [-0.25, -0.2) is 13.8 Å². The number of amides is 1. The summed E-state index contributed by atoms with van der Waals surface area (Å²) >= 11 is 5.88. The van der Waals surface area contributed by atoms with Crippen molar-refractivity contribution < 1.29 is 13.2 Å². The molecule has 20 heavy (non-hydrogen) atoms. The highest BCUT2D eigenvalue weighted by molar-refractivity contribution is 7.91. The number of halogens is 1. The minimum Gasteiger partial charge on any atom is -0.273 e. The molecule has 1 atom stereocenters. The lowest BCUT2D eigenvalue weighted by molar-refractivity contribution is -0.124. The molecule has 1 aromatic carbocycles. The van der Waals surface area contributed by atoms with Gasteiger partial charge in [0.05, 0.1) is 23.1 Å². The van der Waals surface area contributed by atoms with Crippen LogP contribution in [0.1, 0.15) is 18.9 Å². The van der Waals surface area contributed by atoms with Crippen molar-refractivity contribution in [1.29, 1.82) is 0 Å². The molecule has 1 heterocycles. The van der Waals surface area contributed by atoms with Gasteiger partial charge in [0.1, 0.15) is 0 Å². The number of hydrazone groups is 1. The molecule has 0 radical (unpaired) electrons. The van der Waals surface area contributed by atoms with Gasteiger partial charge in [-0.05, 0) is 31.0 Å². The lowest BCUT2D eigenvalue weighted by atomic mass is 10.1. The van der Waals surface area contributed by atoms with Crippen LogP contribution in [-0.4, -0.2) is 31.5 Å². The smallest absolute Gasteiger partial charge is 0.244 e. The standard InChI is InChI=1S/C13H15ClN2O3S/c1-9(10-3-2-4-12(14)7-10)15-16-13(17)11-5-6-20(18,19)8-11/h2-4,7,11H,5-6,8H2,1H3,(H,16,17)/b15-9-/t11-/m0/s1. The van der Waals surface area contributed by atoms with E-state index in [0.717, 1.165) is 5.56 Å². The van der Waals surface area contributed by atoms with Crippen molar-refractivity contribution >= 4 is 33.1 Å². The summed E-state index contributed by atoms with van der Waals surface area (Å²) in [6, 6.07) is 7.12. The Balaban J connectivity index is 2.00. The van der Waals surface area contributed by atoms with E-state index in [1.54, 1.807) is 25.1 Å². The number of nitrogens with zero attached hydrogens (tertiary/aromatic N) is 1. The molecule has 1 N–H and O–H groups in total. The first-order valence-electron chi connectivity index (χ1n) is 6.18. The molecule has 1 aromatic rings. The minimum atomic E-state index is -3.06. The van der Waals surface area contributed by atoms with E-state index in [4.69, 9.17) is 11.6 Å². The SMILES string of the molecule is C/C(=N/NC(=O)[C@H]1CCS(=O)(=O)C1)c1cccc(Cl)c1. The molecule has 1 saturated heterocycles. The number of nitrogens with one attached hydrogen (secondary N) is 1. The van der Waals surface area contributed by atoms with Crippen LogP contribution in [0.3, 0.4) is 0 Å². The number of benzene rings is 1. The number of carbonyl (C=O) groups is 1. The molecule has 1 amide bonds. The van der Waals surface area contributed by atoms with E-state index in [9.17, 15) is 13.2 Å². The van der Waals surface area contributed by atoms with Crippen molar-refractivity contribution in [1.82, 2.24) is 5.43 Å². The van der Waals surface area contributed by atoms with E-state index in [1.807, 2.05) is 6.07 Å². The highest BCUT2D eigenvalue weighted by Gasteiger charge is 2.32. The van der Waals surface area contributed by atoms with E-state index in [1.165, 1.54) is 0 Å². The fraction of sp³-hybridized carbons (Fsp3) is 0.385. The minimum absolute atomic E-state index is 0.0715. The van der Waals surface area contributed by atoms with Crippen LogP contribution >= 0.6 is 11.6 Å². The van der Waals surface area contributed by atoms with Gasteiger partial charge >= 0.3 is 0 Å². The Kier molecular flexibility index (Phi) is 4.45. The van der Waals surface area contributed by atoms with Crippen LogP contribution in [0, 0.1) is 5.92 Å². The largest absolute Gasteiger partial charge is 0.273 e. The van der Waals surface area contributed by atoms with Crippen molar-refractivity contribution in [3.8, 4) is 0 Å². The highest BCUT2D eigenvalue weighted by Crippen LogP contribution is 2.18. The van der Waals surface area contributed by atoms with Crippen molar-refractivity contribution in [3.05, 3.63) is 34.9 Å². The van der Waals surface area contributed by atoms with Crippen LogP contribution in [0.4, 0.5) is 0 Å². The molecule has 7 heteroatoms. The van der Waals surface area contributed by atoms with Crippen molar-refractivity contribution in [2.45, 2.75) is 13.3 Å². The summed E-state index contributed by atoms with van der Waals surface area (Å²) in [5.41, 5.74) is 3.84. The quantitative estimate of drug-likeness (QED) is 0.680. The van der Waals surface area contributed by atoms with E-state index in [-0.39, 0.29) is 17.4 Å². The van der Waals surface area contributed by atoms with Gasteiger partial charge in [0, 0.05) is 5.02 Å². The Morgan fingerprint density at radius 2 is 2.20 bits per heavy atom. The Morgan fingerprint density at radius 1 is 1.45 bits per heavy atom. The first kappa shape index (κ1) is 15.0. The second-order valence-corrected chi connectivity index (χ2v) is 7.45. The molecule has 0 bridgehead atoms. The summed E-state index contributed by atoms with van der Waals surface area (Å²) in [4.78, 5) is 11.8. The molecule has 0 unspecified atom stereocenters. The van der Waals surface area contributed by atoms with Gasteiger partial charge in [0.25, 0.3) is 0 Å². The van der Waals surface area contributed by atoms with Crippen LogP contribution < -0.4 is 5.43 Å². The number of rotatable bonds is 3. The maximum absolute atomic E-state index is 11.8. The van der Waals surface area contributed by atoms with Gasteiger partial charge < -0.3 is 0 Å². The molecule has 1 aliphatic heterocycles. The van der Waals surface area contributed by atoms with Gasteiger partial charge in [0.2, 0.25) is 5.91 Å². The molecule has 108 valence electrons. The predicted molar refractivity (Wildman–Crippen MR) is 78.6 cm³/mol. The first-order valence-corrected chi connectivity index (χ1v) is 8.38. The van der Waals surface area contributed by atoms with Crippen LogP contribution in [-0.2, 0) is 14.6 Å². The first-order chi connectivity index (χ1) is 9.37. The molecule has 1 fully saturated rings. The van der Waals surface area contributed by atoms with Crippen LogP contribution in [0.15, 0.2) is 29.4 Å². The molecule has 2 rings (SSSR count). The van der Waals surface area contributed by atoms with Gasteiger partial charge in [-0.15, -0.1) is 0 Å². The van der Waals surface area contributed by atoms with Crippen molar-refractivity contribution in [2.24, 2.45) is 11.0 Å². The topological polar surface area (TPSA) is 75.6 Å². The van der Waals surface area contributed by atoms with Crippen molar-refractivity contribution in [2.75, 3.05) is 11.5 Å². The molecule has 1 aliphatic rings. The lowest BCUT2D eigenvalue weighted by Gasteiger charge is -2.06. The zero-order valence-corrected chi connectivity index (χ0v) is 12.5. The van der Waals surface area contributed by atoms with Gasteiger partial charge in [0.15, 0.2) is 9.84 Å². The summed E-state index contributed by atoms with van der Waals surface area (Å²) in [7, 11) is -3.06. The third kappa shape index (κ3) is 3.80. The number of sulfone groups is 1. The fourth-order valence-electron chi connectivity index (χ4n) is 2.01. The molecule has 0 saturated carbocycles. The summed E-state index contributed by atoms with van der Waals surface area (Å²) in [6.45, 7) is 1.75. The van der Waals surface area contributed by atoms with Gasteiger partial charge in [-0.3, -0.25) is 4.79 Å². The summed E-state index contributed by atoms with van der Waals surface area (Å²) in [6.07, 6.45) is 0.361. The predicted octanol–water partition coefficient (Wildman–Crippen LogP) is 1.61. The maximum atomic E-state index is 11.8.